The highest BCUT2D eigenvalue weighted by Gasteiger charge is 2.16. The van der Waals surface area contributed by atoms with Crippen molar-refractivity contribution in [3.05, 3.63) is 29.3 Å². The fourth-order valence-corrected chi connectivity index (χ4v) is 1.86. The van der Waals surface area contributed by atoms with Gasteiger partial charge in [-0.05, 0) is 45.7 Å². The molecule has 0 spiro atoms. The monoisotopic (exact) mass is 265 g/mol. The first-order valence-electron chi connectivity index (χ1n) is 6.87. The van der Waals surface area contributed by atoms with E-state index >= 15 is 0 Å². The van der Waals surface area contributed by atoms with Crippen LogP contribution in [0.1, 0.15) is 38.3 Å². The summed E-state index contributed by atoms with van der Waals surface area (Å²) in [6, 6.07) is 6.40. The van der Waals surface area contributed by atoms with Gasteiger partial charge in [-0.25, -0.2) is 0 Å². The number of nitrogens with two attached hydrogens (primary N) is 1. The summed E-state index contributed by atoms with van der Waals surface area (Å²) in [7, 11) is 1.73. The number of ether oxygens (including phenoxy) is 2. The van der Waals surface area contributed by atoms with E-state index in [4.69, 9.17) is 15.2 Å². The van der Waals surface area contributed by atoms with Crippen molar-refractivity contribution in [2.75, 3.05) is 13.7 Å². The Labute approximate surface area is 117 Å². The van der Waals surface area contributed by atoms with E-state index in [1.807, 2.05) is 13.0 Å². The quantitative estimate of drug-likeness (QED) is 0.824. The summed E-state index contributed by atoms with van der Waals surface area (Å²) < 4.78 is 11.3. The summed E-state index contributed by atoms with van der Waals surface area (Å²) in [5.41, 5.74) is 8.16. The minimum absolute atomic E-state index is 0.138. The Morgan fingerprint density at radius 1 is 1.32 bits per heavy atom. The van der Waals surface area contributed by atoms with Crippen LogP contribution >= 0.6 is 0 Å². The highest BCUT2D eigenvalue weighted by Crippen LogP contribution is 2.22. The summed E-state index contributed by atoms with van der Waals surface area (Å²) in [6.45, 7) is 8.88. The molecule has 1 atom stereocenters. The van der Waals surface area contributed by atoms with Crippen LogP contribution in [0.3, 0.4) is 0 Å². The zero-order valence-electron chi connectivity index (χ0n) is 12.8. The Balaban J connectivity index is 2.67. The average Bonchev–Trinajstić information content (AvgIpc) is 2.31. The number of rotatable bonds is 7. The molecule has 0 bridgehead atoms. The molecule has 0 amide bonds. The van der Waals surface area contributed by atoms with Crippen LogP contribution in [0.2, 0.25) is 0 Å². The molecule has 0 heterocycles. The normalized spacial score (nSPS) is 13.4. The molecule has 1 aromatic carbocycles. The van der Waals surface area contributed by atoms with Crippen molar-refractivity contribution in [2.24, 2.45) is 5.73 Å². The van der Waals surface area contributed by atoms with E-state index in [0.717, 1.165) is 18.6 Å². The van der Waals surface area contributed by atoms with Crippen molar-refractivity contribution < 1.29 is 9.47 Å². The minimum atomic E-state index is -0.147. The van der Waals surface area contributed by atoms with Gasteiger partial charge in [-0.3, -0.25) is 0 Å². The van der Waals surface area contributed by atoms with Gasteiger partial charge in [0.2, 0.25) is 0 Å². The van der Waals surface area contributed by atoms with E-state index in [1.54, 1.807) is 7.11 Å². The fourth-order valence-electron chi connectivity index (χ4n) is 1.86. The van der Waals surface area contributed by atoms with Gasteiger partial charge in [0.15, 0.2) is 0 Å². The topological polar surface area (TPSA) is 44.5 Å². The second-order valence-electron chi connectivity index (χ2n) is 5.85. The second kappa shape index (κ2) is 6.92. The predicted molar refractivity (Wildman–Crippen MR) is 79.7 cm³/mol. The number of hydrogen-bond acceptors (Lipinski definition) is 3. The molecule has 0 aliphatic heterocycles. The zero-order valence-corrected chi connectivity index (χ0v) is 12.8. The summed E-state index contributed by atoms with van der Waals surface area (Å²) in [5, 5.41) is 0. The maximum Gasteiger partial charge on any atom is 0.122 e. The molecule has 1 aromatic rings. The predicted octanol–water partition coefficient (Wildman–Crippen LogP) is 3.08. The fraction of sp³-hybridized carbons (Fsp3) is 0.625. The Morgan fingerprint density at radius 3 is 2.58 bits per heavy atom. The van der Waals surface area contributed by atoms with Crippen LogP contribution in [0.15, 0.2) is 18.2 Å². The molecule has 19 heavy (non-hydrogen) atoms. The first-order chi connectivity index (χ1) is 8.84. The summed E-state index contributed by atoms with van der Waals surface area (Å²) >= 11 is 0. The Morgan fingerprint density at radius 2 is 2.00 bits per heavy atom. The lowest BCUT2D eigenvalue weighted by atomic mass is 10.0. The largest absolute Gasteiger partial charge is 0.493 e. The second-order valence-corrected chi connectivity index (χ2v) is 5.85. The van der Waals surface area contributed by atoms with Crippen molar-refractivity contribution in [1.82, 2.24) is 0 Å². The summed E-state index contributed by atoms with van der Waals surface area (Å²) in [4.78, 5) is 0. The van der Waals surface area contributed by atoms with Crippen LogP contribution in [0.25, 0.3) is 0 Å². The van der Waals surface area contributed by atoms with Crippen molar-refractivity contribution >= 4 is 0 Å². The number of aryl methyl sites for hydroxylation is 1. The number of hydrogen-bond donors (Lipinski definition) is 1. The zero-order chi connectivity index (χ0) is 14.5. The molecule has 3 nitrogen and oxygen atoms in total. The first kappa shape index (κ1) is 16.0. The molecule has 1 rings (SSSR count). The van der Waals surface area contributed by atoms with Gasteiger partial charge in [-0.15, -0.1) is 0 Å². The molecule has 1 unspecified atom stereocenters. The van der Waals surface area contributed by atoms with Gasteiger partial charge < -0.3 is 15.2 Å². The smallest absolute Gasteiger partial charge is 0.122 e. The van der Waals surface area contributed by atoms with E-state index in [9.17, 15) is 0 Å². The van der Waals surface area contributed by atoms with E-state index in [0.29, 0.717) is 6.61 Å². The van der Waals surface area contributed by atoms with Crippen molar-refractivity contribution in [1.29, 1.82) is 0 Å². The third-order valence-electron chi connectivity index (χ3n) is 3.27. The maximum absolute atomic E-state index is 5.90. The number of benzene rings is 1. The van der Waals surface area contributed by atoms with Gasteiger partial charge in [0.1, 0.15) is 5.75 Å². The summed E-state index contributed by atoms with van der Waals surface area (Å²) in [6.07, 6.45) is 1.69. The van der Waals surface area contributed by atoms with Crippen LogP contribution in [0.5, 0.6) is 5.75 Å². The van der Waals surface area contributed by atoms with Crippen LogP contribution in [0.4, 0.5) is 0 Å². The molecule has 0 aliphatic carbocycles. The van der Waals surface area contributed by atoms with Crippen LogP contribution in [-0.4, -0.2) is 25.4 Å². The first-order valence-corrected chi connectivity index (χ1v) is 6.87. The van der Waals surface area contributed by atoms with E-state index in [1.165, 1.54) is 11.1 Å². The summed E-state index contributed by atoms with van der Waals surface area (Å²) in [5.74, 6) is 0.940. The van der Waals surface area contributed by atoms with Crippen LogP contribution < -0.4 is 10.5 Å². The molecule has 0 saturated carbocycles. The third kappa shape index (κ3) is 5.62. The highest BCUT2D eigenvalue weighted by atomic mass is 16.5. The average molecular weight is 265 g/mol. The van der Waals surface area contributed by atoms with Gasteiger partial charge in [0.25, 0.3) is 0 Å². The highest BCUT2D eigenvalue weighted by molar-refractivity contribution is 5.37. The van der Waals surface area contributed by atoms with Gasteiger partial charge >= 0.3 is 0 Å². The molecule has 0 aliphatic rings. The van der Waals surface area contributed by atoms with Gasteiger partial charge in [-0.1, -0.05) is 17.7 Å². The lowest BCUT2D eigenvalue weighted by molar-refractivity contribution is 0.00537. The van der Waals surface area contributed by atoms with Gasteiger partial charge in [-0.2, -0.15) is 0 Å². The standard InChI is InChI=1S/C16H27NO2/c1-12-6-7-15(14(10-12)11-13(2)17)19-9-8-16(3,4)18-5/h6-7,10,13H,8-9,11,17H2,1-5H3. The van der Waals surface area contributed by atoms with Crippen molar-refractivity contribution in [3.63, 3.8) is 0 Å². The van der Waals surface area contributed by atoms with Crippen molar-refractivity contribution in [2.45, 2.75) is 52.2 Å². The molecule has 0 aromatic heterocycles. The molecule has 3 heteroatoms. The lowest BCUT2D eigenvalue weighted by Crippen LogP contribution is -2.25. The van der Waals surface area contributed by atoms with E-state index in [-0.39, 0.29) is 11.6 Å². The van der Waals surface area contributed by atoms with Crippen LogP contribution in [0, 0.1) is 6.92 Å². The van der Waals surface area contributed by atoms with E-state index < -0.39 is 0 Å². The molecule has 0 radical (unpaired) electrons. The van der Waals surface area contributed by atoms with E-state index in [2.05, 4.69) is 32.9 Å². The Bertz CT molecular complexity index is 400. The SMILES string of the molecule is COC(C)(C)CCOc1ccc(C)cc1CC(C)N. The van der Waals surface area contributed by atoms with Gasteiger partial charge in [0.05, 0.1) is 12.2 Å². The molecule has 108 valence electrons. The molecule has 0 fully saturated rings. The van der Waals surface area contributed by atoms with Gasteiger partial charge in [0, 0.05) is 19.6 Å². The molecule has 0 saturated heterocycles. The van der Waals surface area contributed by atoms with Crippen LogP contribution in [-0.2, 0) is 11.2 Å². The molecular weight excluding hydrogens is 238 g/mol. The Kier molecular flexibility index (Phi) is 5.83. The lowest BCUT2D eigenvalue weighted by Gasteiger charge is -2.23. The number of methoxy groups -OCH3 is 1. The van der Waals surface area contributed by atoms with Crippen molar-refractivity contribution in [3.8, 4) is 5.75 Å². The Hall–Kier alpha value is -1.06. The molecule has 2 N–H and O–H groups in total. The maximum atomic E-state index is 5.90. The molecular formula is C16H27NO2. The third-order valence-corrected chi connectivity index (χ3v) is 3.27. The minimum Gasteiger partial charge on any atom is -0.493 e.